The van der Waals surface area contributed by atoms with E-state index >= 15 is 0 Å². The summed E-state index contributed by atoms with van der Waals surface area (Å²) in [5.74, 6) is -0.210. The van der Waals surface area contributed by atoms with Crippen molar-refractivity contribution in [1.82, 2.24) is 0 Å². The first-order chi connectivity index (χ1) is 10.3. The van der Waals surface area contributed by atoms with Crippen LogP contribution >= 0.6 is 0 Å². The van der Waals surface area contributed by atoms with Crippen LogP contribution in [0.15, 0.2) is 54.7 Å². The van der Waals surface area contributed by atoms with Crippen LogP contribution in [0.2, 0.25) is 0 Å². The van der Waals surface area contributed by atoms with Crippen LogP contribution in [-0.4, -0.2) is 12.1 Å². The molecule has 1 aromatic heterocycles. The highest BCUT2D eigenvalue weighted by Crippen LogP contribution is 2.21. The molecule has 1 aliphatic rings. The summed E-state index contributed by atoms with van der Waals surface area (Å²) in [6.07, 6.45) is 6.35. The third kappa shape index (κ3) is 3.48. The van der Waals surface area contributed by atoms with Gasteiger partial charge in [0.1, 0.15) is 6.10 Å². The third-order valence-electron chi connectivity index (χ3n) is 3.92. The molecule has 2 aromatic rings. The number of benzene rings is 1. The molecule has 0 amide bonds. The third-order valence-corrected chi connectivity index (χ3v) is 3.92. The second-order valence-corrected chi connectivity index (χ2v) is 5.51. The molecule has 0 N–H and O–H groups in total. The lowest BCUT2D eigenvalue weighted by Crippen LogP contribution is -2.41. The molecule has 0 saturated heterocycles. The van der Waals surface area contributed by atoms with Crippen molar-refractivity contribution < 1.29 is 14.1 Å². The SMILES string of the molecule is O=C(OC1CCCC1)c1cccc[n+]1Cc1ccccc1. The quantitative estimate of drug-likeness (QED) is 0.637. The molecular weight excluding hydrogens is 262 g/mol. The highest BCUT2D eigenvalue weighted by Gasteiger charge is 2.25. The number of ether oxygens (including phenoxy) is 1. The van der Waals surface area contributed by atoms with E-state index in [2.05, 4.69) is 12.1 Å². The van der Waals surface area contributed by atoms with Crippen LogP contribution in [0.5, 0.6) is 0 Å². The van der Waals surface area contributed by atoms with Crippen LogP contribution in [0.1, 0.15) is 41.7 Å². The Morgan fingerprint density at radius 2 is 1.76 bits per heavy atom. The standard InChI is InChI=1S/C18H20NO2/c20-18(21-16-10-4-5-11-16)17-12-6-7-13-19(17)14-15-8-2-1-3-9-15/h1-3,6-9,12-13,16H,4-5,10-11,14H2/q+1. The van der Waals surface area contributed by atoms with E-state index in [0.717, 1.165) is 25.7 Å². The predicted molar refractivity (Wildman–Crippen MR) is 79.9 cm³/mol. The summed E-state index contributed by atoms with van der Waals surface area (Å²) in [5.41, 5.74) is 1.79. The molecule has 1 aromatic carbocycles. The smallest absolute Gasteiger partial charge is 0.403 e. The molecule has 0 aliphatic heterocycles. The van der Waals surface area contributed by atoms with Crippen LogP contribution in [-0.2, 0) is 11.3 Å². The Morgan fingerprint density at radius 1 is 1.05 bits per heavy atom. The summed E-state index contributed by atoms with van der Waals surface area (Å²) in [6, 6.07) is 15.8. The van der Waals surface area contributed by atoms with Gasteiger partial charge in [-0.05, 0) is 31.7 Å². The zero-order valence-electron chi connectivity index (χ0n) is 12.1. The first-order valence-corrected chi connectivity index (χ1v) is 7.56. The molecule has 1 fully saturated rings. The summed E-state index contributed by atoms with van der Waals surface area (Å²) in [7, 11) is 0. The number of pyridine rings is 1. The van der Waals surface area contributed by atoms with E-state index in [4.69, 9.17) is 4.74 Å². The van der Waals surface area contributed by atoms with Crippen LogP contribution in [0, 0.1) is 0 Å². The van der Waals surface area contributed by atoms with Gasteiger partial charge in [-0.2, -0.15) is 4.57 Å². The van der Waals surface area contributed by atoms with E-state index in [-0.39, 0.29) is 12.1 Å². The van der Waals surface area contributed by atoms with Gasteiger partial charge in [-0.15, -0.1) is 0 Å². The Kier molecular flexibility index (Phi) is 4.29. The van der Waals surface area contributed by atoms with E-state index in [0.29, 0.717) is 12.2 Å². The van der Waals surface area contributed by atoms with Gasteiger partial charge in [0.05, 0.1) is 0 Å². The van der Waals surface area contributed by atoms with E-state index in [9.17, 15) is 4.79 Å². The molecule has 108 valence electrons. The number of rotatable bonds is 4. The summed E-state index contributed by atoms with van der Waals surface area (Å²) in [6.45, 7) is 0.677. The Balaban J connectivity index is 1.77. The fraction of sp³-hybridized carbons (Fsp3) is 0.333. The second kappa shape index (κ2) is 6.53. The first kappa shape index (κ1) is 13.8. The average Bonchev–Trinajstić information content (AvgIpc) is 3.02. The van der Waals surface area contributed by atoms with Gasteiger partial charge in [-0.25, -0.2) is 4.79 Å². The molecule has 3 rings (SSSR count). The largest absolute Gasteiger partial charge is 0.454 e. The van der Waals surface area contributed by atoms with Crippen molar-refractivity contribution in [2.24, 2.45) is 0 Å². The monoisotopic (exact) mass is 282 g/mol. The van der Waals surface area contributed by atoms with Crippen molar-refractivity contribution in [3.8, 4) is 0 Å². The van der Waals surface area contributed by atoms with E-state index in [1.807, 2.05) is 47.2 Å². The summed E-state index contributed by atoms with van der Waals surface area (Å²) in [5, 5.41) is 0. The lowest BCUT2D eigenvalue weighted by Gasteiger charge is -2.10. The number of hydrogen-bond donors (Lipinski definition) is 0. The van der Waals surface area contributed by atoms with Crippen molar-refractivity contribution in [3.63, 3.8) is 0 Å². The normalized spacial score (nSPS) is 15.0. The lowest BCUT2D eigenvalue weighted by molar-refractivity contribution is -0.690. The molecule has 21 heavy (non-hydrogen) atoms. The second-order valence-electron chi connectivity index (χ2n) is 5.51. The molecule has 1 heterocycles. The predicted octanol–water partition coefficient (Wildman–Crippen LogP) is 3.12. The van der Waals surface area contributed by atoms with Crippen molar-refractivity contribution >= 4 is 5.97 Å². The van der Waals surface area contributed by atoms with Crippen molar-refractivity contribution in [2.75, 3.05) is 0 Å². The fourth-order valence-corrected chi connectivity index (χ4v) is 2.80. The van der Waals surface area contributed by atoms with Gasteiger partial charge in [-0.1, -0.05) is 30.3 Å². The number of hydrogen-bond acceptors (Lipinski definition) is 2. The molecule has 0 atom stereocenters. The number of carbonyl (C=O) groups excluding carboxylic acids is 1. The molecule has 3 nitrogen and oxygen atoms in total. The van der Waals surface area contributed by atoms with Gasteiger partial charge < -0.3 is 4.74 Å². The molecule has 0 radical (unpaired) electrons. The Hall–Kier alpha value is -2.16. The highest BCUT2D eigenvalue weighted by atomic mass is 16.5. The molecule has 0 bridgehead atoms. The molecular formula is C18H20NO2+. The maximum atomic E-state index is 12.4. The maximum Gasteiger partial charge on any atom is 0.403 e. The molecule has 0 spiro atoms. The van der Waals surface area contributed by atoms with Crippen molar-refractivity contribution in [2.45, 2.75) is 38.3 Å². The average molecular weight is 282 g/mol. The van der Waals surface area contributed by atoms with Crippen molar-refractivity contribution in [3.05, 3.63) is 66.0 Å². The number of esters is 1. The zero-order valence-corrected chi connectivity index (χ0v) is 12.1. The minimum absolute atomic E-state index is 0.0999. The minimum atomic E-state index is -0.210. The van der Waals surface area contributed by atoms with Gasteiger partial charge in [0.25, 0.3) is 5.69 Å². The van der Waals surface area contributed by atoms with Crippen LogP contribution < -0.4 is 4.57 Å². The lowest BCUT2D eigenvalue weighted by atomic mass is 10.2. The van der Waals surface area contributed by atoms with E-state index in [1.54, 1.807) is 0 Å². The molecule has 1 saturated carbocycles. The van der Waals surface area contributed by atoms with E-state index in [1.165, 1.54) is 5.56 Å². The van der Waals surface area contributed by atoms with Gasteiger partial charge in [0.2, 0.25) is 0 Å². The number of carbonyl (C=O) groups is 1. The zero-order chi connectivity index (χ0) is 14.5. The highest BCUT2D eigenvalue weighted by molar-refractivity contribution is 5.85. The maximum absolute atomic E-state index is 12.4. The van der Waals surface area contributed by atoms with Crippen LogP contribution in [0.4, 0.5) is 0 Å². The molecule has 3 heteroatoms. The molecule has 1 aliphatic carbocycles. The Morgan fingerprint density at radius 3 is 2.52 bits per heavy atom. The fourth-order valence-electron chi connectivity index (χ4n) is 2.80. The van der Waals surface area contributed by atoms with Gasteiger partial charge in [-0.3, -0.25) is 0 Å². The number of aromatic nitrogens is 1. The topological polar surface area (TPSA) is 30.2 Å². The summed E-state index contributed by atoms with van der Waals surface area (Å²) >= 11 is 0. The van der Waals surface area contributed by atoms with Gasteiger partial charge in [0, 0.05) is 17.7 Å². The summed E-state index contributed by atoms with van der Waals surface area (Å²) in [4.78, 5) is 12.4. The summed E-state index contributed by atoms with van der Waals surface area (Å²) < 4.78 is 7.57. The van der Waals surface area contributed by atoms with Crippen molar-refractivity contribution in [1.29, 1.82) is 0 Å². The Bertz CT molecular complexity index is 604. The minimum Gasteiger partial charge on any atom is -0.454 e. The Labute approximate surface area is 125 Å². The molecule has 0 unspecified atom stereocenters. The van der Waals surface area contributed by atoms with Gasteiger partial charge >= 0.3 is 5.97 Å². The first-order valence-electron chi connectivity index (χ1n) is 7.56. The van der Waals surface area contributed by atoms with Crippen LogP contribution in [0.3, 0.4) is 0 Å². The number of nitrogens with zero attached hydrogens (tertiary/aromatic N) is 1. The van der Waals surface area contributed by atoms with E-state index < -0.39 is 0 Å². The van der Waals surface area contributed by atoms with Crippen LogP contribution in [0.25, 0.3) is 0 Å². The van der Waals surface area contributed by atoms with Gasteiger partial charge in [0.15, 0.2) is 12.7 Å².